The fraction of sp³-hybridized carbons (Fsp3) is 1.00. The minimum absolute atomic E-state index is 0.347. The molecule has 0 bridgehead atoms. The Balaban J connectivity index is 3.87. The molecule has 0 rings (SSSR count). The number of hydrogen-bond acceptors (Lipinski definition) is 1. The molecule has 1 nitrogen and oxygen atoms in total. The molecule has 0 aromatic rings. The molecule has 0 aromatic carbocycles. The summed E-state index contributed by atoms with van der Waals surface area (Å²) in [5, 5.41) is 0. The number of nitrogens with zero attached hydrogens (tertiary/aromatic N) is 1. The maximum atomic E-state index is 11.7. The molecule has 0 radical (unpaired) electrons. The molecule has 0 N–H and O–H groups in total. The zero-order chi connectivity index (χ0) is 10.4. The molecule has 0 spiro atoms. The van der Waals surface area contributed by atoms with Gasteiger partial charge >= 0.3 is 0 Å². The predicted octanol–water partition coefficient (Wildman–Crippen LogP) is 2.08. The van der Waals surface area contributed by atoms with Crippen LogP contribution >= 0.6 is 0 Å². The molecular weight excluding hydrogens is 200 g/mol. The van der Waals surface area contributed by atoms with E-state index in [1.165, 1.54) is 0 Å². The standard InChI is InChI=1S/C6H9F6N/c7-4(8)1-13(2-5(9)10)3-6(11)12/h4-6H,1-3H2. The largest absolute Gasteiger partial charge is 0.286 e. The highest BCUT2D eigenvalue weighted by molar-refractivity contribution is 4.61. The minimum atomic E-state index is -2.88. The number of hydrogen-bond donors (Lipinski definition) is 0. The summed E-state index contributed by atoms with van der Waals surface area (Å²) in [6.45, 7) is -3.14. The molecule has 0 aromatic heterocycles. The van der Waals surface area contributed by atoms with E-state index in [1.54, 1.807) is 0 Å². The fourth-order valence-corrected chi connectivity index (χ4v) is 0.809. The Morgan fingerprint density at radius 3 is 1.00 bits per heavy atom. The van der Waals surface area contributed by atoms with Gasteiger partial charge in [-0.3, -0.25) is 4.90 Å². The molecule has 0 aliphatic rings. The molecule has 0 heterocycles. The van der Waals surface area contributed by atoms with Gasteiger partial charge in [0.2, 0.25) is 0 Å². The lowest BCUT2D eigenvalue weighted by Crippen LogP contribution is -2.36. The lowest BCUT2D eigenvalue weighted by molar-refractivity contribution is 0.0103. The summed E-state index contributed by atoms with van der Waals surface area (Å²) in [5.41, 5.74) is 0. The Labute approximate surface area is 71.3 Å². The maximum absolute atomic E-state index is 11.7. The second-order valence-corrected chi connectivity index (χ2v) is 2.39. The number of alkyl halides is 6. The van der Waals surface area contributed by atoms with Gasteiger partial charge in [0.05, 0.1) is 19.6 Å². The summed E-state index contributed by atoms with van der Waals surface area (Å²) in [7, 11) is 0. The van der Waals surface area contributed by atoms with Crippen LogP contribution in [-0.2, 0) is 0 Å². The summed E-state index contributed by atoms with van der Waals surface area (Å²) in [5.74, 6) is 0. The summed E-state index contributed by atoms with van der Waals surface area (Å²) in [6.07, 6.45) is -8.63. The average Bonchev–Trinajstić information content (AvgIpc) is 1.80. The van der Waals surface area contributed by atoms with Crippen LogP contribution in [0.2, 0.25) is 0 Å². The van der Waals surface area contributed by atoms with Gasteiger partial charge in [-0.1, -0.05) is 0 Å². The van der Waals surface area contributed by atoms with Gasteiger partial charge in [0.1, 0.15) is 0 Å². The predicted molar refractivity (Wildman–Crippen MR) is 34.5 cm³/mol. The zero-order valence-corrected chi connectivity index (χ0v) is 6.57. The molecule has 13 heavy (non-hydrogen) atoms. The van der Waals surface area contributed by atoms with Crippen molar-refractivity contribution in [3.63, 3.8) is 0 Å². The van der Waals surface area contributed by atoms with Gasteiger partial charge in [-0.05, 0) is 0 Å². The molecule has 0 atom stereocenters. The van der Waals surface area contributed by atoms with Crippen molar-refractivity contribution in [2.75, 3.05) is 19.6 Å². The second-order valence-electron chi connectivity index (χ2n) is 2.39. The highest BCUT2D eigenvalue weighted by Gasteiger charge is 2.19. The first-order valence-corrected chi connectivity index (χ1v) is 3.48. The lowest BCUT2D eigenvalue weighted by Gasteiger charge is -2.20. The van der Waals surface area contributed by atoms with Crippen molar-refractivity contribution in [2.24, 2.45) is 0 Å². The monoisotopic (exact) mass is 209 g/mol. The van der Waals surface area contributed by atoms with Crippen molar-refractivity contribution in [1.82, 2.24) is 4.90 Å². The van der Waals surface area contributed by atoms with Gasteiger partial charge in [-0.25, -0.2) is 26.3 Å². The van der Waals surface area contributed by atoms with Crippen molar-refractivity contribution in [2.45, 2.75) is 19.3 Å². The van der Waals surface area contributed by atoms with E-state index in [1.807, 2.05) is 0 Å². The third-order valence-corrected chi connectivity index (χ3v) is 1.19. The molecule has 0 unspecified atom stereocenters. The third kappa shape index (κ3) is 7.89. The van der Waals surface area contributed by atoms with E-state index in [-0.39, 0.29) is 0 Å². The Hall–Kier alpha value is -0.460. The van der Waals surface area contributed by atoms with Crippen LogP contribution in [0.1, 0.15) is 0 Å². The van der Waals surface area contributed by atoms with Crippen LogP contribution in [0.5, 0.6) is 0 Å². The topological polar surface area (TPSA) is 3.24 Å². The Morgan fingerprint density at radius 2 is 0.846 bits per heavy atom. The van der Waals surface area contributed by atoms with Gasteiger partial charge in [0.25, 0.3) is 19.3 Å². The molecule has 0 aliphatic heterocycles. The molecule has 0 fully saturated rings. The van der Waals surface area contributed by atoms with Gasteiger partial charge in [0.15, 0.2) is 0 Å². The second kappa shape index (κ2) is 6.06. The van der Waals surface area contributed by atoms with E-state index < -0.39 is 38.9 Å². The van der Waals surface area contributed by atoms with E-state index in [9.17, 15) is 26.3 Å². The smallest absolute Gasteiger partial charge is 0.251 e. The van der Waals surface area contributed by atoms with Crippen LogP contribution in [0.25, 0.3) is 0 Å². The van der Waals surface area contributed by atoms with E-state index >= 15 is 0 Å². The van der Waals surface area contributed by atoms with Crippen LogP contribution in [0.4, 0.5) is 26.3 Å². The van der Waals surface area contributed by atoms with Crippen molar-refractivity contribution in [3.8, 4) is 0 Å². The summed E-state index contributed by atoms with van der Waals surface area (Å²) in [4.78, 5) is 0.347. The summed E-state index contributed by atoms with van der Waals surface area (Å²) >= 11 is 0. The van der Waals surface area contributed by atoms with Crippen LogP contribution in [0, 0.1) is 0 Å². The van der Waals surface area contributed by atoms with Crippen LogP contribution in [0.3, 0.4) is 0 Å². The SMILES string of the molecule is FC(F)CN(CC(F)F)CC(F)F. The maximum Gasteiger partial charge on any atom is 0.251 e. The summed E-state index contributed by atoms with van der Waals surface area (Å²) in [6, 6.07) is 0. The fourth-order valence-electron chi connectivity index (χ4n) is 0.809. The third-order valence-electron chi connectivity index (χ3n) is 1.19. The van der Waals surface area contributed by atoms with Crippen molar-refractivity contribution in [1.29, 1.82) is 0 Å². The van der Waals surface area contributed by atoms with Crippen molar-refractivity contribution in [3.05, 3.63) is 0 Å². The Bertz CT molecular complexity index is 105. The first kappa shape index (κ1) is 12.5. The van der Waals surface area contributed by atoms with Crippen LogP contribution in [0.15, 0.2) is 0 Å². The molecular formula is C6H9F6N. The van der Waals surface area contributed by atoms with Crippen LogP contribution in [-0.4, -0.2) is 43.8 Å². The van der Waals surface area contributed by atoms with E-state index in [2.05, 4.69) is 0 Å². The highest BCUT2D eigenvalue weighted by Crippen LogP contribution is 2.05. The molecule has 80 valence electrons. The quantitative estimate of drug-likeness (QED) is 0.605. The van der Waals surface area contributed by atoms with Gasteiger partial charge in [-0.15, -0.1) is 0 Å². The zero-order valence-electron chi connectivity index (χ0n) is 6.57. The van der Waals surface area contributed by atoms with E-state index in [4.69, 9.17) is 0 Å². The molecule has 0 saturated heterocycles. The molecule has 7 heteroatoms. The highest BCUT2D eigenvalue weighted by atomic mass is 19.3. The normalized spacial score (nSPS) is 12.5. The molecule has 0 saturated carbocycles. The first-order valence-electron chi connectivity index (χ1n) is 3.48. The Morgan fingerprint density at radius 1 is 0.615 bits per heavy atom. The first-order chi connectivity index (χ1) is 5.91. The van der Waals surface area contributed by atoms with E-state index in [0.717, 1.165) is 0 Å². The lowest BCUT2D eigenvalue weighted by atomic mass is 10.4. The Kier molecular flexibility index (Phi) is 5.85. The summed E-state index contributed by atoms with van der Waals surface area (Å²) < 4.78 is 69.9. The molecule has 0 aliphatic carbocycles. The van der Waals surface area contributed by atoms with Crippen molar-refractivity contribution < 1.29 is 26.3 Å². The van der Waals surface area contributed by atoms with E-state index in [0.29, 0.717) is 4.90 Å². The average molecular weight is 209 g/mol. The van der Waals surface area contributed by atoms with Crippen LogP contribution < -0.4 is 0 Å². The minimum Gasteiger partial charge on any atom is -0.286 e. The van der Waals surface area contributed by atoms with Gasteiger partial charge < -0.3 is 0 Å². The number of halogens is 6. The van der Waals surface area contributed by atoms with Gasteiger partial charge in [-0.2, -0.15) is 0 Å². The molecule has 0 amide bonds. The van der Waals surface area contributed by atoms with Gasteiger partial charge in [0, 0.05) is 0 Å². The number of rotatable bonds is 6. The van der Waals surface area contributed by atoms with Crippen molar-refractivity contribution >= 4 is 0 Å².